The normalized spacial score (nSPS) is 42.5. The van der Waals surface area contributed by atoms with Gasteiger partial charge in [0.25, 0.3) is 0 Å². The molecule has 0 aromatic carbocycles. The van der Waals surface area contributed by atoms with Crippen molar-refractivity contribution >= 4 is 0 Å². The molecule has 0 radical (unpaired) electrons. The minimum atomic E-state index is -0.121. The van der Waals surface area contributed by atoms with Crippen LogP contribution in [0.2, 0.25) is 0 Å². The molecule has 4 aliphatic rings. The lowest BCUT2D eigenvalue weighted by molar-refractivity contribution is 0.0383. The Morgan fingerprint density at radius 1 is 1.03 bits per heavy atom. The van der Waals surface area contributed by atoms with Crippen molar-refractivity contribution in [1.82, 2.24) is 0 Å². The molecule has 1 N–H and O–H groups in total. The molecule has 0 aromatic rings. The molecule has 0 saturated heterocycles. The Morgan fingerprint density at radius 2 is 1.80 bits per heavy atom. The third-order valence-electron chi connectivity index (χ3n) is 9.84. The van der Waals surface area contributed by atoms with Crippen LogP contribution in [0, 0.1) is 40.4 Å². The van der Waals surface area contributed by atoms with Crippen LogP contribution in [0.5, 0.6) is 0 Å². The van der Waals surface area contributed by atoms with Crippen LogP contribution in [-0.2, 0) is 0 Å². The summed E-state index contributed by atoms with van der Waals surface area (Å²) < 4.78 is 0. The van der Waals surface area contributed by atoms with Gasteiger partial charge in [-0.05, 0) is 92.3 Å². The Labute approximate surface area is 185 Å². The summed E-state index contributed by atoms with van der Waals surface area (Å²) in [7, 11) is 0. The summed E-state index contributed by atoms with van der Waals surface area (Å²) in [6.45, 7) is 14.3. The van der Waals surface area contributed by atoms with Crippen molar-refractivity contribution in [2.24, 2.45) is 40.4 Å². The van der Waals surface area contributed by atoms with E-state index >= 15 is 0 Å². The Bertz CT molecular complexity index is 780. The lowest BCUT2D eigenvalue weighted by atomic mass is 9.50. The largest absolute Gasteiger partial charge is 0.393 e. The number of hydrogen-bond donors (Lipinski definition) is 1. The molecule has 0 aromatic heterocycles. The number of aliphatic hydroxyl groups excluding tert-OH is 1. The number of hydrogen-bond acceptors (Lipinski definition) is 1. The standard InChI is InChI=1S/C29H44O/c1-7-21(19(2)3)9-8-20(4)25-12-13-26-24-11-10-22-18-23(30)14-16-28(22,5)27(24)15-17-29(25,26)6/h7-11,19-20,23,25-27,30H,12-18H2,1-6H3. The topological polar surface area (TPSA) is 20.2 Å². The smallest absolute Gasteiger partial charge is 0.0578 e. The zero-order valence-electron chi connectivity index (χ0n) is 20.2. The van der Waals surface area contributed by atoms with Gasteiger partial charge in [0.15, 0.2) is 0 Å². The van der Waals surface area contributed by atoms with Gasteiger partial charge in [-0.15, -0.1) is 0 Å². The molecule has 30 heavy (non-hydrogen) atoms. The predicted octanol–water partition coefficient (Wildman–Crippen LogP) is 7.64. The zero-order valence-corrected chi connectivity index (χ0v) is 20.2. The molecule has 166 valence electrons. The average Bonchev–Trinajstić information content (AvgIpc) is 3.06. The van der Waals surface area contributed by atoms with Crippen LogP contribution in [0.25, 0.3) is 0 Å². The minimum absolute atomic E-state index is 0.121. The second-order valence-corrected chi connectivity index (χ2v) is 11.7. The van der Waals surface area contributed by atoms with Crippen molar-refractivity contribution in [3.63, 3.8) is 0 Å². The van der Waals surface area contributed by atoms with Crippen LogP contribution in [-0.4, -0.2) is 11.2 Å². The Hall–Kier alpha value is -1.08. The fourth-order valence-corrected chi connectivity index (χ4v) is 7.91. The summed E-state index contributed by atoms with van der Waals surface area (Å²) in [5.74, 6) is 3.50. The highest BCUT2D eigenvalue weighted by atomic mass is 16.3. The monoisotopic (exact) mass is 408 g/mol. The van der Waals surface area contributed by atoms with Crippen molar-refractivity contribution in [3.8, 4) is 0 Å². The van der Waals surface area contributed by atoms with Gasteiger partial charge >= 0.3 is 0 Å². The van der Waals surface area contributed by atoms with E-state index in [0.29, 0.717) is 28.6 Å². The molecule has 0 heterocycles. The average molecular weight is 409 g/mol. The summed E-state index contributed by atoms with van der Waals surface area (Å²) >= 11 is 0. The summed E-state index contributed by atoms with van der Waals surface area (Å²) in [4.78, 5) is 0. The molecule has 3 saturated carbocycles. The molecule has 7 unspecified atom stereocenters. The maximum absolute atomic E-state index is 10.2. The predicted molar refractivity (Wildman–Crippen MR) is 128 cm³/mol. The maximum Gasteiger partial charge on any atom is 0.0578 e. The molecule has 3 fully saturated rings. The fraction of sp³-hybridized carbons (Fsp3) is 0.724. The van der Waals surface area contributed by atoms with E-state index in [9.17, 15) is 5.11 Å². The van der Waals surface area contributed by atoms with Crippen LogP contribution < -0.4 is 0 Å². The molecule has 0 spiro atoms. The quantitative estimate of drug-likeness (QED) is 0.474. The van der Waals surface area contributed by atoms with E-state index in [1.165, 1.54) is 36.8 Å². The van der Waals surface area contributed by atoms with E-state index < -0.39 is 0 Å². The van der Waals surface area contributed by atoms with Crippen LogP contribution in [0.4, 0.5) is 0 Å². The first kappa shape index (κ1) is 22.1. The van der Waals surface area contributed by atoms with Gasteiger partial charge in [-0.3, -0.25) is 0 Å². The van der Waals surface area contributed by atoms with Crippen molar-refractivity contribution in [2.75, 3.05) is 0 Å². The molecular formula is C29H44O. The van der Waals surface area contributed by atoms with Gasteiger partial charge < -0.3 is 5.11 Å². The molecule has 0 bridgehead atoms. The highest BCUT2D eigenvalue weighted by Gasteiger charge is 2.56. The molecule has 7 atom stereocenters. The van der Waals surface area contributed by atoms with E-state index in [-0.39, 0.29) is 6.10 Å². The van der Waals surface area contributed by atoms with Gasteiger partial charge in [-0.25, -0.2) is 0 Å². The summed E-state index contributed by atoms with van der Waals surface area (Å²) in [5, 5.41) is 10.2. The Morgan fingerprint density at radius 3 is 2.50 bits per heavy atom. The molecule has 4 aliphatic carbocycles. The van der Waals surface area contributed by atoms with E-state index in [1.807, 2.05) is 0 Å². The van der Waals surface area contributed by atoms with Crippen LogP contribution in [0.15, 0.2) is 47.1 Å². The number of allylic oxidation sites excluding steroid dienone is 7. The number of fused-ring (bicyclic) bond motifs is 5. The Balaban J connectivity index is 1.57. The lowest BCUT2D eigenvalue weighted by Crippen LogP contribution is -2.46. The van der Waals surface area contributed by atoms with Gasteiger partial charge in [-0.2, -0.15) is 0 Å². The number of aliphatic hydroxyl groups is 1. The highest BCUT2D eigenvalue weighted by Crippen LogP contribution is 2.65. The SMILES string of the molecule is CC=C(C=CC(C)C1CCC2C3=CC=C4CC(O)CCC4(C)C3CCC21C)C(C)C. The van der Waals surface area contributed by atoms with Crippen molar-refractivity contribution in [1.29, 1.82) is 0 Å². The summed E-state index contributed by atoms with van der Waals surface area (Å²) in [6.07, 6.45) is 20.5. The van der Waals surface area contributed by atoms with Gasteiger partial charge in [-0.1, -0.05) is 81.7 Å². The van der Waals surface area contributed by atoms with Crippen molar-refractivity contribution in [2.45, 2.75) is 92.6 Å². The second-order valence-electron chi connectivity index (χ2n) is 11.7. The summed E-state index contributed by atoms with van der Waals surface area (Å²) in [5.41, 5.74) is 5.49. The third-order valence-corrected chi connectivity index (χ3v) is 9.84. The van der Waals surface area contributed by atoms with E-state index in [0.717, 1.165) is 31.1 Å². The fourth-order valence-electron chi connectivity index (χ4n) is 7.91. The molecule has 0 amide bonds. The van der Waals surface area contributed by atoms with Crippen LogP contribution >= 0.6 is 0 Å². The van der Waals surface area contributed by atoms with Crippen molar-refractivity contribution < 1.29 is 5.11 Å². The summed E-state index contributed by atoms with van der Waals surface area (Å²) in [6, 6.07) is 0. The van der Waals surface area contributed by atoms with Gasteiger partial charge in [0.2, 0.25) is 0 Å². The highest BCUT2D eigenvalue weighted by molar-refractivity contribution is 5.39. The van der Waals surface area contributed by atoms with E-state index in [4.69, 9.17) is 0 Å². The van der Waals surface area contributed by atoms with Gasteiger partial charge in [0, 0.05) is 0 Å². The molecule has 1 nitrogen and oxygen atoms in total. The second kappa shape index (κ2) is 8.12. The van der Waals surface area contributed by atoms with Gasteiger partial charge in [0.05, 0.1) is 6.10 Å². The van der Waals surface area contributed by atoms with Crippen LogP contribution in [0.1, 0.15) is 86.5 Å². The minimum Gasteiger partial charge on any atom is -0.393 e. The molecule has 4 rings (SSSR count). The molecule has 0 aliphatic heterocycles. The lowest BCUT2D eigenvalue weighted by Gasteiger charge is -2.55. The third kappa shape index (κ3) is 3.50. The zero-order chi connectivity index (χ0) is 21.7. The van der Waals surface area contributed by atoms with Gasteiger partial charge in [0.1, 0.15) is 0 Å². The van der Waals surface area contributed by atoms with Crippen molar-refractivity contribution in [3.05, 3.63) is 47.1 Å². The Kier molecular flexibility index (Phi) is 5.99. The van der Waals surface area contributed by atoms with E-state index in [2.05, 4.69) is 71.9 Å². The first-order chi connectivity index (χ1) is 14.2. The van der Waals surface area contributed by atoms with E-state index in [1.54, 1.807) is 5.57 Å². The van der Waals surface area contributed by atoms with Crippen LogP contribution in [0.3, 0.4) is 0 Å². The molecule has 1 heteroatoms. The number of rotatable bonds is 4. The first-order valence-corrected chi connectivity index (χ1v) is 12.6. The molecular weight excluding hydrogens is 364 g/mol. The maximum atomic E-state index is 10.2. The first-order valence-electron chi connectivity index (χ1n) is 12.6.